The molecule has 77 heavy (non-hydrogen) atoms. The molecule has 1 unspecified atom stereocenters. The van der Waals surface area contributed by atoms with Gasteiger partial charge in [0.1, 0.15) is 13.2 Å². The number of carbonyl (C=O) groups is 3. The summed E-state index contributed by atoms with van der Waals surface area (Å²) in [5, 5.41) is 0. The topological polar surface area (TPSA) is 78.9 Å². The quantitative estimate of drug-likeness (QED) is 0.0261. The Labute approximate surface area is 477 Å². The van der Waals surface area contributed by atoms with Crippen LogP contribution >= 0.6 is 0 Å². The number of esters is 3. The van der Waals surface area contributed by atoms with Gasteiger partial charge in [-0.15, -0.1) is 0 Å². The van der Waals surface area contributed by atoms with E-state index in [1.165, 1.54) is 180 Å². The Kier molecular flexibility index (Phi) is 62.2. The summed E-state index contributed by atoms with van der Waals surface area (Å²) in [5.74, 6) is -0.894. The fraction of sp³-hybridized carbons (Fsp3) is 0.761. The monoisotopic (exact) mass is 1070 g/mol. The summed E-state index contributed by atoms with van der Waals surface area (Å²) in [6, 6.07) is 0. The average Bonchev–Trinajstić information content (AvgIpc) is 3.43. The van der Waals surface area contributed by atoms with Crippen LogP contribution in [-0.4, -0.2) is 37.2 Å². The van der Waals surface area contributed by atoms with Gasteiger partial charge in [-0.05, 0) is 116 Å². The average molecular weight is 1070 g/mol. The molecule has 0 spiro atoms. The normalized spacial score (nSPS) is 12.6. The van der Waals surface area contributed by atoms with E-state index in [1.54, 1.807) is 0 Å². The van der Waals surface area contributed by atoms with E-state index in [-0.39, 0.29) is 31.1 Å². The van der Waals surface area contributed by atoms with E-state index in [1.807, 2.05) is 0 Å². The SMILES string of the molecule is CC/C=C\C/C=C\C/C=C\CCCCCCCC(=O)OCC(COC(=O)CCCCCCCCCCCC/C=C\C/C=C\C/C=C\CCCCCCC)OC(=O)CCCCCCCCCCC/C=C\CCCCCCCC. The Balaban J connectivity index is 4.35. The van der Waals surface area contributed by atoms with Crippen molar-refractivity contribution in [3.8, 4) is 0 Å². The van der Waals surface area contributed by atoms with Gasteiger partial charge in [-0.2, -0.15) is 0 Å². The number of unbranched alkanes of at least 4 members (excludes halogenated alkanes) is 35. The van der Waals surface area contributed by atoms with Gasteiger partial charge in [0.05, 0.1) is 0 Å². The number of rotatable bonds is 60. The molecule has 0 fully saturated rings. The van der Waals surface area contributed by atoms with E-state index in [0.717, 1.165) is 109 Å². The van der Waals surface area contributed by atoms with Crippen LogP contribution in [0.3, 0.4) is 0 Å². The Morgan fingerprint density at radius 1 is 0.273 bits per heavy atom. The molecule has 0 aliphatic carbocycles. The van der Waals surface area contributed by atoms with Gasteiger partial charge < -0.3 is 14.2 Å². The zero-order valence-electron chi connectivity index (χ0n) is 51.0. The predicted molar refractivity (Wildman–Crippen MR) is 334 cm³/mol. The van der Waals surface area contributed by atoms with Crippen LogP contribution in [0.1, 0.15) is 329 Å². The lowest BCUT2D eigenvalue weighted by Crippen LogP contribution is -2.30. The van der Waals surface area contributed by atoms with Crippen LogP contribution in [0.15, 0.2) is 85.1 Å². The molecule has 0 aromatic carbocycles. The highest BCUT2D eigenvalue weighted by Crippen LogP contribution is 2.16. The van der Waals surface area contributed by atoms with Crippen LogP contribution < -0.4 is 0 Å². The molecule has 0 rings (SSSR count). The first-order valence-electron chi connectivity index (χ1n) is 33.1. The molecule has 0 amide bonds. The smallest absolute Gasteiger partial charge is 0.306 e. The lowest BCUT2D eigenvalue weighted by molar-refractivity contribution is -0.167. The lowest BCUT2D eigenvalue weighted by atomic mass is 10.0. The molecule has 0 radical (unpaired) electrons. The summed E-state index contributed by atoms with van der Waals surface area (Å²) >= 11 is 0. The second kappa shape index (κ2) is 65.1. The van der Waals surface area contributed by atoms with Gasteiger partial charge >= 0.3 is 17.9 Å². The second-order valence-electron chi connectivity index (χ2n) is 22.0. The van der Waals surface area contributed by atoms with Crippen molar-refractivity contribution in [1.29, 1.82) is 0 Å². The van der Waals surface area contributed by atoms with Gasteiger partial charge in [-0.3, -0.25) is 14.4 Å². The molecule has 0 aliphatic rings. The highest BCUT2D eigenvalue weighted by Gasteiger charge is 2.19. The van der Waals surface area contributed by atoms with Crippen molar-refractivity contribution in [2.24, 2.45) is 0 Å². The first kappa shape index (κ1) is 73.6. The van der Waals surface area contributed by atoms with E-state index in [0.29, 0.717) is 19.3 Å². The van der Waals surface area contributed by atoms with Crippen molar-refractivity contribution in [2.45, 2.75) is 335 Å². The Hall–Kier alpha value is -3.41. The molecule has 0 aromatic rings. The Morgan fingerprint density at radius 2 is 0.506 bits per heavy atom. The summed E-state index contributed by atoms with van der Waals surface area (Å²) < 4.78 is 16.9. The molecular formula is C71H124O6. The first-order chi connectivity index (χ1) is 38.0. The van der Waals surface area contributed by atoms with Crippen LogP contribution in [0.5, 0.6) is 0 Å². The summed E-state index contributed by atoms with van der Waals surface area (Å²) in [6.07, 6.45) is 85.9. The molecule has 6 heteroatoms. The maximum atomic E-state index is 12.9. The molecule has 0 aromatic heterocycles. The summed E-state index contributed by atoms with van der Waals surface area (Å²) in [7, 11) is 0. The van der Waals surface area contributed by atoms with E-state index >= 15 is 0 Å². The molecular weight excluding hydrogens is 949 g/mol. The minimum absolute atomic E-state index is 0.0839. The second-order valence-corrected chi connectivity index (χ2v) is 22.0. The van der Waals surface area contributed by atoms with Gasteiger partial charge in [-0.1, -0.05) is 279 Å². The first-order valence-corrected chi connectivity index (χ1v) is 33.1. The van der Waals surface area contributed by atoms with Crippen molar-refractivity contribution in [1.82, 2.24) is 0 Å². The lowest BCUT2D eigenvalue weighted by Gasteiger charge is -2.18. The fourth-order valence-corrected chi connectivity index (χ4v) is 9.40. The molecule has 0 heterocycles. The number of hydrogen-bond donors (Lipinski definition) is 0. The third-order valence-electron chi connectivity index (χ3n) is 14.4. The molecule has 0 aliphatic heterocycles. The summed E-state index contributed by atoms with van der Waals surface area (Å²) in [5.41, 5.74) is 0. The zero-order chi connectivity index (χ0) is 55.7. The Bertz CT molecular complexity index is 1470. The van der Waals surface area contributed by atoms with Crippen LogP contribution in [-0.2, 0) is 28.6 Å². The molecule has 0 N–H and O–H groups in total. The maximum Gasteiger partial charge on any atom is 0.306 e. The number of hydrogen-bond acceptors (Lipinski definition) is 6. The van der Waals surface area contributed by atoms with Crippen LogP contribution in [0, 0.1) is 0 Å². The summed E-state index contributed by atoms with van der Waals surface area (Å²) in [4.78, 5) is 38.4. The van der Waals surface area contributed by atoms with Gasteiger partial charge in [-0.25, -0.2) is 0 Å². The van der Waals surface area contributed by atoms with Gasteiger partial charge in [0, 0.05) is 19.3 Å². The van der Waals surface area contributed by atoms with Gasteiger partial charge in [0.15, 0.2) is 6.10 Å². The molecule has 0 saturated heterocycles. The largest absolute Gasteiger partial charge is 0.462 e. The third kappa shape index (κ3) is 63.3. The highest BCUT2D eigenvalue weighted by molar-refractivity contribution is 5.71. The van der Waals surface area contributed by atoms with E-state index < -0.39 is 6.10 Å². The van der Waals surface area contributed by atoms with Crippen molar-refractivity contribution < 1.29 is 28.6 Å². The molecule has 0 saturated carbocycles. The minimum atomic E-state index is -0.788. The number of ether oxygens (including phenoxy) is 3. The third-order valence-corrected chi connectivity index (χ3v) is 14.4. The molecule has 0 bridgehead atoms. The molecule has 6 nitrogen and oxygen atoms in total. The van der Waals surface area contributed by atoms with Crippen LogP contribution in [0.2, 0.25) is 0 Å². The van der Waals surface area contributed by atoms with Crippen molar-refractivity contribution in [3.63, 3.8) is 0 Å². The van der Waals surface area contributed by atoms with E-state index in [4.69, 9.17) is 14.2 Å². The molecule has 444 valence electrons. The van der Waals surface area contributed by atoms with Crippen molar-refractivity contribution >= 4 is 17.9 Å². The minimum Gasteiger partial charge on any atom is -0.462 e. The van der Waals surface area contributed by atoms with Crippen molar-refractivity contribution in [3.05, 3.63) is 85.1 Å². The fourth-order valence-electron chi connectivity index (χ4n) is 9.40. The van der Waals surface area contributed by atoms with Crippen LogP contribution in [0.4, 0.5) is 0 Å². The molecule has 1 atom stereocenters. The number of carbonyl (C=O) groups excluding carboxylic acids is 3. The van der Waals surface area contributed by atoms with Crippen molar-refractivity contribution in [2.75, 3.05) is 13.2 Å². The zero-order valence-corrected chi connectivity index (χ0v) is 51.0. The van der Waals surface area contributed by atoms with E-state index in [2.05, 4.69) is 106 Å². The summed E-state index contributed by atoms with van der Waals surface area (Å²) in [6.45, 7) is 6.53. The van der Waals surface area contributed by atoms with E-state index in [9.17, 15) is 14.4 Å². The van der Waals surface area contributed by atoms with Gasteiger partial charge in [0.2, 0.25) is 0 Å². The number of allylic oxidation sites excluding steroid dienone is 14. The van der Waals surface area contributed by atoms with Crippen LogP contribution in [0.25, 0.3) is 0 Å². The predicted octanol–water partition coefficient (Wildman–Crippen LogP) is 22.7. The highest BCUT2D eigenvalue weighted by atomic mass is 16.6. The standard InChI is InChI=1S/C71H124O6/c1-4-7-10-13-16-19-22-25-28-30-32-33-34-35-36-37-39-40-43-46-49-52-55-58-61-64-70(73)76-67-68(66-75-69(72)63-60-57-54-51-48-45-42-27-24-21-18-15-12-9-6-3)77-71(74)65-62-59-56-53-50-47-44-41-38-31-29-26-23-20-17-14-11-8-5-2/h9,12,18,21-22,25-27,29-30,32,34-35,42,68H,4-8,10-11,13-17,19-20,23-24,28,31,33,36-41,43-67H2,1-3H3/b12-9-,21-18-,25-22-,29-26-,32-30-,35-34-,42-27-. The van der Waals surface area contributed by atoms with Gasteiger partial charge in [0.25, 0.3) is 0 Å². The Morgan fingerprint density at radius 3 is 0.805 bits per heavy atom. The maximum absolute atomic E-state index is 12.9.